The summed E-state index contributed by atoms with van der Waals surface area (Å²) in [4.78, 5) is 37.9. The van der Waals surface area contributed by atoms with Gasteiger partial charge in [0.1, 0.15) is 13.2 Å². The maximum atomic E-state index is 12.8. The quantitative estimate of drug-likeness (QED) is 0.0262. The lowest BCUT2D eigenvalue weighted by atomic mass is 10.1. The molecule has 0 aromatic heterocycles. The SMILES string of the molecule is CC/C=C\C/C=C\C/C=C\C/C=C\C/C=C\C/C=C\C/C=C\CCCCCC(=O)OCC(COC(=O)CCCCCCCCCCCC)OC(=O)CCCCCCC/C=C\CCCCC. The first-order valence-electron chi connectivity index (χ1n) is 26.7. The molecule has 0 rings (SSSR count). The molecule has 0 aliphatic carbocycles. The average molecular weight is 903 g/mol. The van der Waals surface area contributed by atoms with E-state index < -0.39 is 6.10 Å². The Morgan fingerprint density at radius 2 is 0.600 bits per heavy atom. The van der Waals surface area contributed by atoms with E-state index in [1.54, 1.807) is 0 Å². The van der Waals surface area contributed by atoms with Gasteiger partial charge in [-0.15, -0.1) is 0 Å². The third-order valence-corrected chi connectivity index (χ3v) is 11.1. The smallest absolute Gasteiger partial charge is 0.306 e. The lowest BCUT2D eigenvalue weighted by Gasteiger charge is -2.18. The number of rotatable bonds is 47. The molecular weight excluding hydrogens is 805 g/mol. The first kappa shape index (κ1) is 61.3. The molecule has 0 saturated heterocycles. The summed E-state index contributed by atoms with van der Waals surface area (Å²) in [6.07, 6.45) is 69.7. The van der Waals surface area contributed by atoms with Crippen molar-refractivity contribution in [2.24, 2.45) is 0 Å². The fourth-order valence-corrected chi connectivity index (χ4v) is 7.06. The first-order valence-corrected chi connectivity index (χ1v) is 26.7. The molecule has 6 heteroatoms. The minimum Gasteiger partial charge on any atom is -0.462 e. The highest BCUT2D eigenvalue weighted by molar-refractivity contribution is 5.71. The number of esters is 3. The maximum absolute atomic E-state index is 12.8. The summed E-state index contributed by atoms with van der Waals surface area (Å²) in [5, 5.41) is 0. The summed E-state index contributed by atoms with van der Waals surface area (Å²) in [6.45, 7) is 6.44. The molecule has 0 aromatic rings. The Labute approximate surface area is 400 Å². The van der Waals surface area contributed by atoms with Crippen molar-refractivity contribution in [3.63, 3.8) is 0 Å². The Morgan fingerprint density at radius 3 is 1.00 bits per heavy atom. The summed E-state index contributed by atoms with van der Waals surface area (Å²) < 4.78 is 16.7. The van der Waals surface area contributed by atoms with Gasteiger partial charge in [0.05, 0.1) is 0 Å². The molecule has 0 N–H and O–H groups in total. The number of allylic oxidation sites excluding steroid dienone is 16. The van der Waals surface area contributed by atoms with Gasteiger partial charge in [-0.05, 0) is 103 Å². The Hall–Kier alpha value is -3.67. The van der Waals surface area contributed by atoms with Crippen molar-refractivity contribution in [1.29, 1.82) is 0 Å². The summed E-state index contributed by atoms with van der Waals surface area (Å²) in [7, 11) is 0. The third kappa shape index (κ3) is 51.2. The number of ether oxygens (including phenoxy) is 3. The van der Waals surface area contributed by atoms with Crippen LogP contribution in [0.1, 0.15) is 239 Å². The zero-order valence-electron chi connectivity index (χ0n) is 42.2. The van der Waals surface area contributed by atoms with Gasteiger partial charge in [0, 0.05) is 19.3 Å². The van der Waals surface area contributed by atoms with Crippen molar-refractivity contribution < 1.29 is 28.6 Å². The van der Waals surface area contributed by atoms with Crippen molar-refractivity contribution >= 4 is 17.9 Å². The third-order valence-electron chi connectivity index (χ3n) is 11.1. The highest BCUT2D eigenvalue weighted by atomic mass is 16.6. The second-order valence-corrected chi connectivity index (χ2v) is 17.4. The number of hydrogen-bond donors (Lipinski definition) is 0. The molecule has 0 radical (unpaired) electrons. The van der Waals surface area contributed by atoms with Gasteiger partial charge in [-0.2, -0.15) is 0 Å². The summed E-state index contributed by atoms with van der Waals surface area (Å²) in [5.74, 6) is -0.938. The standard InChI is InChI=1S/C59H98O6/c1-4-7-10-13-16-19-22-24-25-26-27-28-29-30-31-32-33-34-35-36-38-40-43-46-49-52-58(61)64-55-56(54-63-57(60)51-48-45-42-39-21-18-15-12-9-6-3)65-59(62)53-50-47-44-41-37-23-20-17-14-11-8-5-2/h7,10,16-17,19-20,24-25,27-28,30-31,33-34,36,38,56H,4-6,8-9,11-15,18,21-23,26,29,32,35,37,39-55H2,1-3H3/b10-7-,19-16-,20-17-,25-24-,28-27-,31-30-,34-33-,38-36-. The molecule has 6 nitrogen and oxygen atoms in total. The summed E-state index contributed by atoms with van der Waals surface area (Å²) in [6, 6.07) is 0. The van der Waals surface area contributed by atoms with Crippen LogP contribution in [0.5, 0.6) is 0 Å². The van der Waals surface area contributed by atoms with E-state index in [9.17, 15) is 14.4 Å². The van der Waals surface area contributed by atoms with Crippen LogP contribution in [0.4, 0.5) is 0 Å². The molecule has 0 heterocycles. The Kier molecular flexibility index (Phi) is 50.0. The number of carbonyl (C=O) groups excluding carboxylic acids is 3. The lowest BCUT2D eigenvalue weighted by Crippen LogP contribution is -2.30. The lowest BCUT2D eigenvalue weighted by molar-refractivity contribution is -0.167. The average Bonchev–Trinajstić information content (AvgIpc) is 3.30. The number of carbonyl (C=O) groups is 3. The van der Waals surface area contributed by atoms with Crippen molar-refractivity contribution in [3.05, 3.63) is 97.2 Å². The van der Waals surface area contributed by atoms with E-state index in [4.69, 9.17) is 14.2 Å². The van der Waals surface area contributed by atoms with Gasteiger partial charge in [0.2, 0.25) is 0 Å². The molecule has 0 aliphatic rings. The summed E-state index contributed by atoms with van der Waals surface area (Å²) >= 11 is 0. The normalized spacial score (nSPS) is 12.8. The summed E-state index contributed by atoms with van der Waals surface area (Å²) in [5.41, 5.74) is 0. The Morgan fingerprint density at radius 1 is 0.323 bits per heavy atom. The van der Waals surface area contributed by atoms with E-state index in [0.29, 0.717) is 19.3 Å². The van der Waals surface area contributed by atoms with E-state index in [0.717, 1.165) is 122 Å². The van der Waals surface area contributed by atoms with Gasteiger partial charge in [-0.3, -0.25) is 14.4 Å². The van der Waals surface area contributed by atoms with Gasteiger partial charge in [0.15, 0.2) is 6.10 Å². The molecule has 0 fully saturated rings. The molecule has 0 amide bonds. The molecule has 1 unspecified atom stereocenters. The van der Waals surface area contributed by atoms with Gasteiger partial charge < -0.3 is 14.2 Å². The number of unbranched alkanes of at least 4 members (excludes halogenated alkanes) is 20. The molecule has 0 spiro atoms. The Balaban J connectivity index is 4.36. The van der Waals surface area contributed by atoms with Crippen LogP contribution in [-0.2, 0) is 28.6 Å². The molecule has 0 aliphatic heterocycles. The highest BCUT2D eigenvalue weighted by Gasteiger charge is 2.19. The minimum absolute atomic E-state index is 0.0908. The minimum atomic E-state index is -0.793. The van der Waals surface area contributed by atoms with Crippen LogP contribution in [0.2, 0.25) is 0 Å². The van der Waals surface area contributed by atoms with E-state index in [1.807, 2.05) is 0 Å². The monoisotopic (exact) mass is 903 g/mol. The topological polar surface area (TPSA) is 78.9 Å². The molecule has 65 heavy (non-hydrogen) atoms. The van der Waals surface area contributed by atoms with Gasteiger partial charge >= 0.3 is 17.9 Å². The highest BCUT2D eigenvalue weighted by Crippen LogP contribution is 2.14. The molecule has 0 saturated carbocycles. The molecule has 0 bridgehead atoms. The zero-order chi connectivity index (χ0) is 47.2. The predicted octanol–water partition coefficient (Wildman–Crippen LogP) is 17.8. The van der Waals surface area contributed by atoms with E-state index >= 15 is 0 Å². The van der Waals surface area contributed by atoms with Gasteiger partial charge in [-0.1, -0.05) is 214 Å². The van der Waals surface area contributed by atoms with E-state index in [1.165, 1.54) is 77.0 Å². The van der Waals surface area contributed by atoms with E-state index in [-0.39, 0.29) is 31.1 Å². The van der Waals surface area contributed by atoms with Gasteiger partial charge in [-0.25, -0.2) is 0 Å². The Bertz CT molecular complexity index is 1310. The molecular formula is C59H98O6. The van der Waals surface area contributed by atoms with Crippen molar-refractivity contribution in [2.75, 3.05) is 13.2 Å². The van der Waals surface area contributed by atoms with Crippen molar-refractivity contribution in [1.82, 2.24) is 0 Å². The van der Waals surface area contributed by atoms with Crippen LogP contribution >= 0.6 is 0 Å². The fraction of sp³-hybridized carbons (Fsp3) is 0.678. The van der Waals surface area contributed by atoms with Crippen LogP contribution < -0.4 is 0 Å². The van der Waals surface area contributed by atoms with Crippen molar-refractivity contribution in [3.8, 4) is 0 Å². The second kappa shape index (κ2) is 52.9. The van der Waals surface area contributed by atoms with E-state index in [2.05, 4.69) is 118 Å². The molecule has 1 atom stereocenters. The maximum Gasteiger partial charge on any atom is 0.306 e. The van der Waals surface area contributed by atoms with Crippen molar-refractivity contribution in [2.45, 2.75) is 245 Å². The predicted molar refractivity (Wildman–Crippen MR) is 279 cm³/mol. The first-order chi connectivity index (χ1) is 32.0. The van der Waals surface area contributed by atoms with Crippen LogP contribution in [0.15, 0.2) is 97.2 Å². The fourth-order valence-electron chi connectivity index (χ4n) is 7.06. The molecule has 370 valence electrons. The van der Waals surface area contributed by atoms with Crippen LogP contribution in [-0.4, -0.2) is 37.2 Å². The van der Waals surface area contributed by atoms with Crippen LogP contribution in [0.25, 0.3) is 0 Å². The van der Waals surface area contributed by atoms with Crippen LogP contribution in [0.3, 0.4) is 0 Å². The van der Waals surface area contributed by atoms with Gasteiger partial charge in [0.25, 0.3) is 0 Å². The largest absolute Gasteiger partial charge is 0.462 e. The second-order valence-electron chi connectivity index (χ2n) is 17.4. The zero-order valence-corrected chi connectivity index (χ0v) is 42.2. The van der Waals surface area contributed by atoms with Crippen LogP contribution in [0, 0.1) is 0 Å². The molecule has 0 aromatic carbocycles. The number of hydrogen-bond acceptors (Lipinski definition) is 6.